The number of fused-ring (bicyclic) bond motifs is 1. The third kappa shape index (κ3) is 4.54. The number of benzene rings is 1. The minimum absolute atomic E-state index is 0.551. The van der Waals surface area contributed by atoms with Crippen LogP contribution in [0.5, 0.6) is 0 Å². The molecule has 24 heavy (non-hydrogen) atoms. The van der Waals surface area contributed by atoms with Gasteiger partial charge >= 0.3 is 0 Å². The highest BCUT2D eigenvalue weighted by atomic mass is 35.5. The first-order valence-corrected chi connectivity index (χ1v) is 9.21. The second-order valence-corrected chi connectivity index (χ2v) is 6.66. The third-order valence-corrected chi connectivity index (χ3v) is 4.91. The van der Waals surface area contributed by atoms with Gasteiger partial charge in [-0.25, -0.2) is 0 Å². The molecule has 1 fully saturated rings. The maximum atomic E-state index is 6.07. The third-order valence-electron chi connectivity index (χ3n) is 4.67. The lowest BCUT2D eigenvalue weighted by molar-refractivity contribution is 0.0400. The highest BCUT2D eigenvalue weighted by Crippen LogP contribution is 2.38. The average molecular weight is 353 g/mol. The van der Waals surface area contributed by atoms with Crippen LogP contribution < -0.4 is 10.2 Å². The summed E-state index contributed by atoms with van der Waals surface area (Å²) in [5.74, 6) is 0. The molecule has 3 rings (SSSR count). The van der Waals surface area contributed by atoms with E-state index in [0.29, 0.717) is 19.3 Å². The predicted octanol–water partition coefficient (Wildman–Crippen LogP) is 3.21. The standard InChI is InChI=1S/C18H27ClN3O2/c1-2-23-11-12-24-10-9-21-7-5-16(6-8-21)22-14-20-17-13-15(19)3-4-18(17)22/h3-4,13-14,16,20H,2,5-12H2,1H3. The number of hydrogen-bond acceptors (Lipinski definition) is 5. The fourth-order valence-electron chi connectivity index (χ4n) is 3.34. The molecule has 0 bridgehead atoms. The summed E-state index contributed by atoms with van der Waals surface area (Å²) in [7, 11) is 0. The van der Waals surface area contributed by atoms with E-state index in [0.717, 1.165) is 43.6 Å². The first-order valence-electron chi connectivity index (χ1n) is 8.83. The van der Waals surface area contributed by atoms with Gasteiger partial charge in [-0.1, -0.05) is 11.6 Å². The molecule has 0 unspecified atom stereocenters. The van der Waals surface area contributed by atoms with Crippen LogP contribution in [-0.2, 0) is 9.47 Å². The van der Waals surface area contributed by atoms with Crippen LogP contribution in [0.25, 0.3) is 0 Å². The Bertz CT molecular complexity index is 521. The first kappa shape index (κ1) is 17.8. The fraction of sp³-hybridized carbons (Fsp3) is 0.611. The van der Waals surface area contributed by atoms with Crippen LogP contribution in [0.15, 0.2) is 18.2 Å². The maximum absolute atomic E-state index is 6.07. The van der Waals surface area contributed by atoms with Crippen LogP contribution >= 0.6 is 11.6 Å². The molecule has 1 radical (unpaired) electrons. The number of nitrogens with one attached hydrogen (secondary N) is 1. The number of piperidine rings is 1. The zero-order chi connectivity index (χ0) is 16.8. The molecule has 0 spiro atoms. The van der Waals surface area contributed by atoms with Crippen LogP contribution in [0.1, 0.15) is 19.8 Å². The number of hydrogen-bond donors (Lipinski definition) is 1. The molecule has 5 nitrogen and oxygen atoms in total. The summed E-state index contributed by atoms with van der Waals surface area (Å²) >= 11 is 6.07. The Kier molecular flexibility index (Phi) is 6.60. The number of likely N-dealkylation sites (tertiary alicyclic amines) is 1. The Hall–Kier alpha value is -1.01. The smallest absolute Gasteiger partial charge is 0.139 e. The molecule has 0 aromatic heterocycles. The van der Waals surface area contributed by atoms with E-state index in [4.69, 9.17) is 21.1 Å². The van der Waals surface area contributed by atoms with E-state index in [2.05, 4.69) is 27.9 Å². The van der Waals surface area contributed by atoms with Gasteiger partial charge in [0, 0.05) is 37.3 Å². The number of nitrogens with zero attached hydrogens (tertiary/aromatic N) is 2. The van der Waals surface area contributed by atoms with Crippen LogP contribution in [0.3, 0.4) is 0 Å². The van der Waals surface area contributed by atoms with Crippen LogP contribution in [0, 0.1) is 6.67 Å². The fourth-order valence-corrected chi connectivity index (χ4v) is 3.51. The van der Waals surface area contributed by atoms with Gasteiger partial charge in [-0.15, -0.1) is 0 Å². The van der Waals surface area contributed by atoms with Gasteiger partial charge in [0.05, 0.1) is 31.2 Å². The quantitative estimate of drug-likeness (QED) is 0.727. The highest BCUT2D eigenvalue weighted by Gasteiger charge is 2.29. The Morgan fingerprint density at radius 3 is 2.75 bits per heavy atom. The summed E-state index contributed by atoms with van der Waals surface area (Å²) < 4.78 is 10.9. The minimum Gasteiger partial charge on any atom is -0.379 e. The zero-order valence-electron chi connectivity index (χ0n) is 14.3. The monoisotopic (exact) mass is 352 g/mol. The van der Waals surface area contributed by atoms with Crippen LogP contribution in [-0.4, -0.2) is 57.0 Å². The average Bonchev–Trinajstić information content (AvgIpc) is 3.01. The second kappa shape index (κ2) is 8.90. The molecule has 0 saturated carbocycles. The molecule has 1 aromatic rings. The minimum atomic E-state index is 0.551. The van der Waals surface area contributed by atoms with Gasteiger partial charge in [0.25, 0.3) is 0 Å². The molecular weight excluding hydrogens is 326 g/mol. The molecule has 1 aromatic carbocycles. The lowest BCUT2D eigenvalue weighted by Gasteiger charge is -2.37. The van der Waals surface area contributed by atoms with Crippen molar-refractivity contribution in [2.24, 2.45) is 0 Å². The van der Waals surface area contributed by atoms with Crippen molar-refractivity contribution in [3.63, 3.8) is 0 Å². The van der Waals surface area contributed by atoms with Gasteiger partial charge in [-0.2, -0.15) is 0 Å². The Labute approximate surface area is 149 Å². The zero-order valence-corrected chi connectivity index (χ0v) is 15.1. The van der Waals surface area contributed by atoms with E-state index in [1.807, 2.05) is 19.1 Å². The Morgan fingerprint density at radius 2 is 1.96 bits per heavy atom. The van der Waals surface area contributed by atoms with Gasteiger partial charge in [-0.05, 0) is 38.0 Å². The van der Waals surface area contributed by atoms with Crippen molar-refractivity contribution in [2.45, 2.75) is 25.8 Å². The number of ether oxygens (including phenoxy) is 2. The molecule has 2 heterocycles. The molecule has 133 valence electrons. The Balaban J connectivity index is 1.39. The lowest BCUT2D eigenvalue weighted by Crippen LogP contribution is -2.44. The largest absolute Gasteiger partial charge is 0.379 e. The molecule has 2 aliphatic heterocycles. The van der Waals surface area contributed by atoms with Crippen LogP contribution in [0.4, 0.5) is 11.4 Å². The summed E-state index contributed by atoms with van der Waals surface area (Å²) in [5, 5.41) is 4.10. The predicted molar refractivity (Wildman–Crippen MR) is 98.6 cm³/mol. The van der Waals surface area contributed by atoms with Gasteiger partial charge in [0.2, 0.25) is 0 Å². The molecular formula is C18H27ClN3O2. The Morgan fingerprint density at radius 1 is 1.17 bits per heavy atom. The first-order chi connectivity index (χ1) is 11.8. The summed E-state index contributed by atoms with van der Waals surface area (Å²) in [5.41, 5.74) is 2.34. The number of halogens is 1. The molecule has 1 N–H and O–H groups in total. The van der Waals surface area contributed by atoms with E-state index in [1.165, 1.54) is 18.5 Å². The van der Waals surface area contributed by atoms with E-state index in [-0.39, 0.29) is 0 Å². The molecule has 6 heteroatoms. The van der Waals surface area contributed by atoms with Crippen molar-refractivity contribution in [3.8, 4) is 0 Å². The van der Waals surface area contributed by atoms with E-state index in [1.54, 1.807) is 0 Å². The van der Waals surface area contributed by atoms with Crippen molar-refractivity contribution in [1.82, 2.24) is 4.90 Å². The topological polar surface area (TPSA) is 37.0 Å². The second-order valence-electron chi connectivity index (χ2n) is 6.22. The van der Waals surface area contributed by atoms with Crippen molar-refractivity contribution in [2.75, 3.05) is 56.3 Å². The van der Waals surface area contributed by atoms with E-state index in [9.17, 15) is 0 Å². The summed E-state index contributed by atoms with van der Waals surface area (Å²) in [4.78, 5) is 4.85. The molecule has 2 aliphatic rings. The number of rotatable bonds is 8. The molecule has 1 saturated heterocycles. The summed E-state index contributed by atoms with van der Waals surface area (Å²) in [6, 6.07) is 6.60. The maximum Gasteiger partial charge on any atom is 0.139 e. The van der Waals surface area contributed by atoms with Gasteiger partial charge in [0.15, 0.2) is 0 Å². The summed E-state index contributed by atoms with van der Waals surface area (Å²) in [6.45, 7) is 10.3. The van der Waals surface area contributed by atoms with Crippen LogP contribution in [0.2, 0.25) is 5.02 Å². The van der Waals surface area contributed by atoms with Gasteiger partial charge in [0.1, 0.15) is 6.67 Å². The van der Waals surface area contributed by atoms with Crippen molar-refractivity contribution < 1.29 is 9.47 Å². The molecule has 0 atom stereocenters. The van der Waals surface area contributed by atoms with Crippen molar-refractivity contribution in [3.05, 3.63) is 29.9 Å². The normalized spacial score (nSPS) is 18.7. The lowest BCUT2D eigenvalue weighted by atomic mass is 10.0. The van der Waals surface area contributed by atoms with Crippen molar-refractivity contribution >= 4 is 23.0 Å². The van der Waals surface area contributed by atoms with E-state index >= 15 is 0 Å². The molecule has 0 aliphatic carbocycles. The van der Waals surface area contributed by atoms with Gasteiger partial charge in [-0.3, -0.25) is 0 Å². The summed E-state index contributed by atoms with van der Waals surface area (Å²) in [6.07, 6.45) is 2.33. The van der Waals surface area contributed by atoms with E-state index < -0.39 is 0 Å². The SMILES string of the molecule is CCOCCOCCN1CCC(N2[CH]Nc3cc(Cl)ccc32)CC1. The van der Waals surface area contributed by atoms with Crippen molar-refractivity contribution in [1.29, 1.82) is 0 Å². The highest BCUT2D eigenvalue weighted by molar-refractivity contribution is 6.31. The number of anilines is 2. The van der Waals surface area contributed by atoms with Gasteiger partial charge < -0.3 is 24.6 Å². The molecule has 0 amide bonds.